The van der Waals surface area contributed by atoms with Gasteiger partial charge < -0.3 is 10.1 Å². The van der Waals surface area contributed by atoms with Crippen LogP contribution >= 0.6 is 0 Å². The van der Waals surface area contributed by atoms with Crippen molar-refractivity contribution in [3.8, 4) is 0 Å². The number of carbonyl (C=O) groups excluding carboxylic acids is 1. The lowest BCUT2D eigenvalue weighted by Crippen LogP contribution is -2.47. The van der Waals surface area contributed by atoms with Gasteiger partial charge in [-0.2, -0.15) is 5.10 Å². The van der Waals surface area contributed by atoms with Crippen LogP contribution in [0.2, 0.25) is 0 Å². The SMILES string of the molecule is CC(CNC(=O)Cc1nn(C)c(=O)c2ccccc12)N1CCOCC1. The number of morpholine rings is 1. The third kappa shape index (κ3) is 4.05. The van der Waals surface area contributed by atoms with Crippen molar-refractivity contribution in [1.29, 1.82) is 0 Å². The Hall–Kier alpha value is -2.25. The number of amides is 1. The van der Waals surface area contributed by atoms with E-state index in [9.17, 15) is 9.59 Å². The second-order valence-corrected chi connectivity index (χ2v) is 6.40. The van der Waals surface area contributed by atoms with Crippen LogP contribution in [-0.2, 0) is 23.0 Å². The molecule has 1 fully saturated rings. The number of nitrogens with one attached hydrogen (secondary N) is 1. The number of hydrogen-bond acceptors (Lipinski definition) is 5. The number of fused-ring (bicyclic) bond motifs is 1. The summed E-state index contributed by atoms with van der Waals surface area (Å²) in [6.45, 7) is 5.96. The van der Waals surface area contributed by atoms with Gasteiger partial charge in [-0.05, 0) is 13.0 Å². The lowest BCUT2D eigenvalue weighted by atomic mass is 10.1. The van der Waals surface area contributed by atoms with Crippen molar-refractivity contribution in [2.75, 3.05) is 32.8 Å². The minimum absolute atomic E-state index is 0.0867. The van der Waals surface area contributed by atoms with Crippen LogP contribution in [0, 0.1) is 0 Å². The Kier molecular flexibility index (Phi) is 5.45. The molecule has 0 saturated carbocycles. The van der Waals surface area contributed by atoms with Gasteiger partial charge in [0.2, 0.25) is 5.91 Å². The van der Waals surface area contributed by atoms with E-state index in [0.717, 1.165) is 31.7 Å². The highest BCUT2D eigenvalue weighted by Gasteiger charge is 2.18. The van der Waals surface area contributed by atoms with Crippen molar-refractivity contribution in [2.24, 2.45) is 7.05 Å². The Bertz CT molecular complexity index is 812. The Morgan fingerprint density at radius 3 is 2.68 bits per heavy atom. The number of rotatable bonds is 5. The number of benzene rings is 1. The molecule has 25 heavy (non-hydrogen) atoms. The first-order valence-corrected chi connectivity index (χ1v) is 8.59. The number of aromatic nitrogens is 2. The summed E-state index contributed by atoms with van der Waals surface area (Å²) in [5.74, 6) is -0.0867. The van der Waals surface area contributed by atoms with Crippen LogP contribution in [-0.4, -0.2) is 59.5 Å². The van der Waals surface area contributed by atoms with Crippen LogP contribution in [0.25, 0.3) is 10.8 Å². The van der Waals surface area contributed by atoms with E-state index in [1.165, 1.54) is 4.68 Å². The minimum atomic E-state index is -0.152. The van der Waals surface area contributed by atoms with Gasteiger partial charge in [0, 0.05) is 38.1 Å². The van der Waals surface area contributed by atoms with Crippen molar-refractivity contribution in [1.82, 2.24) is 20.0 Å². The third-order valence-electron chi connectivity index (χ3n) is 4.62. The van der Waals surface area contributed by atoms with Crippen LogP contribution in [0.1, 0.15) is 12.6 Å². The fraction of sp³-hybridized carbons (Fsp3) is 0.500. The zero-order valence-corrected chi connectivity index (χ0v) is 14.7. The lowest BCUT2D eigenvalue weighted by molar-refractivity contribution is -0.120. The fourth-order valence-corrected chi connectivity index (χ4v) is 3.13. The molecule has 1 atom stereocenters. The minimum Gasteiger partial charge on any atom is -0.379 e. The molecular weight excluding hydrogens is 320 g/mol. The summed E-state index contributed by atoms with van der Waals surface area (Å²) in [4.78, 5) is 26.8. The van der Waals surface area contributed by atoms with E-state index >= 15 is 0 Å². The summed E-state index contributed by atoms with van der Waals surface area (Å²) < 4.78 is 6.64. The quantitative estimate of drug-likeness (QED) is 0.845. The van der Waals surface area contributed by atoms with E-state index in [2.05, 4.69) is 22.2 Å². The molecule has 1 amide bonds. The van der Waals surface area contributed by atoms with Crippen molar-refractivity contribution >= 4 is 16.7 Å². The number of ether oxygens (including phenoxy) is 1. The highest BCUT2D eigenvalue weighted by atomic mass is 16.5. The molecule has 7 nitrogen and oxygen atoms in total. The van der Waals surface area contributed by atoms with Crippen LogP contribution in [0.15, 0.2) is 29.1 Å². The zero-order chi connectivity index (χ0) is 17.8. The third-order valence-corrected chi connectivity index (χ3v) is 4.62. The number of aryl methyl sites for hydroxylation is 1. The fourth-order valence-electron chi connectivity index (χ4n) is 3.13. The molecule has 1 saturated heterocycles. The molecular formula is C18H24N4O3. The topological polar surface area (TPSA) is 76.5 Å². The Morgan fingerprint density at radius 2 is 1.96 bits per heavy atom. The molecule has 0 aliphatic carbocycles. The Labute approximate surface area is 146 Å². The van der Waals surface area contributed by atoms with E-state index in [1.807, 2.05) is 18.2 Å². The highest BCUT2D eigenvalue weighted by Crippen LogP contribution is 2.13. The van der Waals surface area contributed by atoms with Gasteiger partial charge in [-0.15, -0.1) is 0 Å². The summed E-state index contributed by atoms with van der Waals surface area (Å²) in [5.41, 5.74) is 0.468. The maximum Gasteiger partial charge on any atom is 0.274 e. The molecule has 1 unspecified atom stereocenters. The highest BCUT2D eigenvalue weighted by molar-refractivity contribution is 5.88. The predicted molar refractivity (Wildman–Crippen MR) is 95.6 cm³/mol. The Balaban J connectivity index is 1.66. The first kappa shape index (κ1) is 17.6. The maximum atomic E-state index is 12.4. The number of nitrogens with zero attached hydrogens (tertiary/aromatic N) is 3. The second-order valence-electron chi connectivity index (χ2n) is 6.40. The van der Waals surface area contributed by atoms with E-state index < -0.39 is 0 Å². The van der Waals surface area contributed by atoms with Crippen molar-refractivity contribution in [3.63, 3.8) is 0 Å². The monoisotopic (exact) mass is 344 g/mol. The maximum absolute atomic E-state index is 12.4. The standard InChI is InChI=1S/C18H24N4O3/c1-13(22-7-9-25-10-8-22)12-19-17(23)11-16-14-5-3-4-6-15(14)18(24)21(2)20-16/h3-6,13H,7-12H2,1-2H3,(H,19,23). The molecule has 0 spiro atoms. The van der Waals surface area contributed by atoms with Gasteiger partial charge in [-0.25, -0.2) is 4.68 Å². The van der Waals surface area contributed by atoms with Gasteiger partial charge in [0.25, 0.3) is 5.56 Å². The molecule has 1 aromatic carbocycles. The van der Waals surface area contributed by atoms with Crippen LogP contribution in [0.4, 0.5) is 0 Å². The molecule has 0 bridgehead atoms. The van der Waals surface area contributed by atoms with Crippen molar-refractivity contribution in [3.05, 3.63) is 40.3 Å². The largest absolute Gasteiger partial charge is 0.379 e. The summed E-state index contributed by atoms with van der Waals surface area (Å²) >= 11 is 0. The molecule has 7 heteroatoms. The molecule has 3 rings (SSSR count). The second kappa shape index (κ2) is 7.76. The first-order chi connectivity index (χ1) is 12.1. The van der Waals surface area contributed by atoms with Crippen LogP contribution < -0.4 is 10.9 Å². The van der Waals surface area contributed by atoms with E-state index in [4.69, 9.17) is 4.74 Å². The molecule has 1 aliphatic rings. The van der Waals surface area contributed by atoms with E-state index in [0.29, 0.717) is 17.6 Å². The van der Waals surface area contributed by atoms with Gasteiger partial charge >= 0.3 is 0 Å². The average Bonchev–Trinajstić information content (AvgIpc) is 2.64. The summed E-state index contributed by atoms with van der Waals surface area (Å²) in [7, 11) is 1.61. The Morgan fingerprint density at radius 1 is 1.28 bits per heavy atom. The lowest BCUT2D eigenvalue weighted by Gasteiger charge is -2.32. The number of carbonyl (C=O) groups is 1. The van der Waals surface area contributed by atoms with Gasteiger partial charge in [-0.1, -0.05) is 18.2 Å². The van der Waals surface area contributed by atoms with Gasteiger partial charge in [0.05, 0.1) is 30.7 Å². The van der Waals surface area contributed by atoms with Crippen molar-refractivity contribution < 1.29 is 9.53 Å². The molecule has 1 aromatic heterocycles. The summed E-state index contributed by atoms with van der Waals surface area (Å²) in [6.07, 6.45) is 0.157. The van der Waals surface area contributed by atoms with E-state index in [-0.39, 0.29) is 23.9 Å². The van der Waals surface area contributed by atoms with Gasteiger partial charge in [0.1, 0.15) is 0 Å². The first-order valence-electron chi connectivity index (χ1n) is 8.59. The molecule has 0 radical (unpaired) electrons. The molecule has 1 N–H and O–H groups in total. The van der Waals surface area contributed by atoms with Gasteiger partial charge in [-0.3, -0.25) is 14.5 Å². The molecule has 2 aromatic rings. The van der Waals surface area contributed by atoms with Crippen LogP contribution in [0.5, 0.6) is 0 Å². The molecule has 2 heterocycles. The van der Waals surface area contributed by atoms with Gasteiger partial charge in [0.15, 0.2) is 0 Å². The zero-order valence-electron chi connectivity index (χ0n) is 14.7. The smallest absolute Gasteiger partial charge is 0.274 e. The number of hydrogen-bond donors (Lipinski definition) is 1. The van der Waals surface area contributed by atoms with E-state index in [1.54, 1.807) is 13.1 Å². The summed E-state index contributed by atoms with van der Waals surface area (Å²) in [6, 6.07) is 7.53. The average molecular weight is 344 g/mol. The van der Waals surface area contributed by atoms with Crippen molar-refractivity contribution in [2.45, 2.75) is 19.4 Å². The molecule has 134 valence electrons. The van der Waals surface area contributed by atoms with Crippen LogP contribution in [0.3, 0.4) is 0 Å². The predicted octanol–water partition coefficient (Wildman–Crippen LogP) is 0.313. The molecule has 1 aliphatic heterocycles. The summed E-state index contributed by atoms with van der Waals surface area (Å²) in [5, 5.41) is 8.58. The normalized spacial score (nSPS) is 16.7.